The fraction of sp³-hybridized carbons (Fsp3) is 0.111. The Morgan fingerprint density at radius 3 is 2.46 bits per heavy atom. The standard InChI is InChI=1S/C18H17N7O3/c1-11-3-4-14(12(2)9-11)22-16-15(25(27)28)17(21-10-20-16)23-24-18(26)13-5-7-19-8-6-13/h3-10H,1-2H3,(H,24,26)(H2,20,21,22,23). The Kier molecular flexibility index (Phi) is 5.40. The molecule has 10 heteroatoms. The third kappa shape index (κ3) is 4.18. The first-order valence-electron chi connectivity index (χ1n) is 8.25. The molecule has 10 nitrogen and oxygen atoms in total. The molecule has 142 valence electrons. The second kappa shape index (κ2) is 8.08. The highest BCUT2D eigenvalue weighted by Gasteiger charge is 2.24. The predicted octanol–water partition coefficient (Wildman–Crippen LogP) is 2.90. The van der Waals surface area contributed by atoms with Crippen molar-refractivity contribution in [3.05, 3.63) is 75.9 Å². The fourth-order valence-electron chi connectivity index (χ4n) is 2.51. The zero-order valence-electron chi connectivity index (χ0n) is 15.1. The van der Waals surface area contributed by atoms with Crippen LogP contribution in [0.4, 0.5) is 23.0 Å². The van der Waals surface area contributed by atoms with Gasteiger partial charge in [-0.2, -0.15) is 0 Å². The van der Waals surface area contributed by atoms with Crippen LogP contribution in [0.5, 0.6) is 0 Å². The number of carbonyl (C=O) groups is 1. The number of benzene rings is 1. The Morgan fingerprint density at radius 2 is 1.79 bits per heavy atom. The first-order valence-corrected chi connectivity index (χ1v) is 8.25. The summed E-state index contributed by atoms with van der Waals surface area (Å²) in [5.74, 6) is -0.624. The molecule has 1 amide bonds. The van der Waals surface area contributed by atoms with Crippen LogP contribution in [-0.4, -0.2) is 25.8 Å². The monoisotopic (exact) mass is 379 g/mol. The Bertz CT molecular complexity index is 1020. The number of nitrogens with one attached hydrogen (secondary N) is 3. The second-order valence-electron chi connectivity index (χ2n) is 5.93. The average molecular weight is 379 g/mol. The smallest absolute Gasteiger partial charge is 0.334 e. The number of carbonyl (C=O) groups excluding carboxylic acids is 1. The summed E-state index contributed by atoms with van der Waals surface area (Å²) in [6.45, 7) is 3.84. The van der Waals surface area contributed by atoms with Gasteiger partial charge in [0.1, 0.15) is 6.33 Å². The molecule has 0 saturated carbocycles. The first-order chi connectivity index (χ1) is 13.5. The highest BCUT2D eigenvalue weighted by molar-refractivity contribution is 5.94. The maximum atomic E-state index is 12.1. The van der Waals surface area contributed by atoms with Gasteiger partial charge in [-0.05, 0) is 37.6 Å². The molecule has 0 unspecified atom stereocenters. The number of pyridine rings is 1. The maximum absolute atomic E-state index is 12.1. The Labute approximate surface area is 160 Å². The van der Waals surface area contributed by atoms with E-state index in [0.29, 0.717) is 11.3 Å². The Morgan fingerprint density at radius 1 is 1.07 bits per heavy atom. The highest BCUT2D eigenvalue weighted by Crippen LogP contribution is 2.31. The molecule has 0 aliphatic rings. The number of amides is 1. The molecule has 3 aromatic rings. The summed E-state index contributed by atoms with van der Waals surface area (Å²) in [7, 11) is 0. The summed E-state index contributed by atoms with van der Waals surface area (Å²) in [6, 6.07) is 8.67. The minimum Gasteiger partial charge on any atom is -0.334 e. The molecule has 0 spiro atoms. The van der Waals surface area contributed by atoms with Crippen molar-refractivity contribution in [1.82, 2.24) is 20.4 Å². The van der Waals surface area contributed by atoms with E-state index in [1.54, 1.807) is 0 Å². The van der Waals surface area contributed by atoms with E-state index in [4.69, 9.17) is 0 Å². The largest absolute Gasteiger partial charge is 0.355 e. The van der Waals surface area contributed by atoms with Crippen LogP contribution in [0, 0.1) is 24.0 Å². The lowest BCUT2D eigenvalue weighted by atomic mass is 10.1. The quantitative estimate of drug-likeness (QED) is 0.439. The van der Waals surface area contributed by atoms with Crippen LogP contribution in [0.15, 0.2) is 49.1 Å². The van der Waals surface area contributed by atoms with Gasteiger partial charge in [0, 0.05) is 23.6 Å². The number of anilines is 3. The van der Waals surface area contributed by atoms with E-state index < -0.39 is 16.5 Å². The molecular weight excluding hydrogens is 362 g/mol. The lowest BCUT2D eigenvalue weighted by molar-refractivity contribution is -0.383. The molecule has 28 heavy (non-hydrogen) atoms. The molecule has 0 bridgehead atoms. The number of hydrogen-bond donors (Lipinski definition) is 3. The van der Waals surface area contributed by atoms with Crippen LogP contribution in [0.3, 0.4) is 0 Å². The number of nitro groups is 1. The van der Waals surface area contributed by atoms with E-state index >= 15 is 0 Å². The average Bonchev–Trinajstić information content (AvgIpc) is 2.68. The van der Waals surface area contributed by atoms with Gasteiger partial charge in [0.15, 0.2) is 0 Å². The molecule has 0 aliphatic carbocycles. The molecule has 0 fully saturated rings. The lowest BCUT2D eigenvalue weighted by Crippen LogP contribution is -2.30. The van der Waals surface area contributed by atoms with Gasteiger partial charge >= 0.3 is 5.69 Å². The third-order valence-electron chi connectivity index (χ3n) is 3.88. The zero-order chi connectivity index (χ0) is 20.1. The van der Waals surface area contributed by atoms with Crippen LogP contribution >= 0.6 is 0 Å². The van der Waals surface area contributed by atoms with Crippen molar-refractivity contribution in [2.75, 3.05) is 10.7 Å². The van der Waals surface area contributed by atoms with Crippen molar-refractivity contribution in [3.63, 3.8) is 0 Å². The molecule has 0 radical (unpaired) electrons. The van der Waals surface area contributed by atoms with Crippen LogP contribution in [0.2, 0.25) is 0 Å². The topological polar surface area (TPSA) is 135 Å². The van der Waals surface area contributed by atoms with Crippen LogP contribution < -0.4 is 16.2 Å². The first kappa shape index (κ1) is 18.7. The SMILES string of the molecule is Cc1ccc(Nc2ncnc(NNC(=O)c3ccncc3)c2[N+](=O)[O-])c(C)c1. The van der Waals surface area contributed by atoms with Gasteiger partial charge in [-0.15, -0.1) is 0 Å². The molecule has 2 heterocycles. The van der Waals surface area contributed by atoms with Gasteiger partial charge in [0.25, 0.3) is 5.91 Å². The second-order valence-corrected chi connectivity index (χ2v) is 5.93. The van der Waals surface area contributed by atoms with E-state index in [2.05, 4.69) is 31.1 Å². The molecule has 0 atom stereocenters. The number of aryl methyl sites for hydroxylation is 2. The van der Waals surface area contributed by atoms with Crippen molar-refractivity contribution < 1.29 is 9.72 Å². The summed E-state index contributed by atoms with van der Waals surface area (Å²) < 4.78 is 0. The number of hydrogen-bond acceptors (Lipinski definition) is 8. The summed E-state index contributed by atoms with van der Waals surface area (Å²) >= 11 is 0. The molecule has 2 aromatic heterocycles. The van der Waals surface area contributed by atoms with Gasteiger partial charge in [-0.25, -0.2) is 9.97 Å². The van der Waals surface area contributed by atoms with Gasteiger partial charge in [0.05, 0.1) is 4.92 Å². The predicted molar refractivity (Wildman–Crippen MR) is 103 cm³/mol. The van der Waals surface area contributed by atoms with Gasteiger partial charge < -0.3 is 5.32 Å². The summed E-state index contributed by atoms with van der Waals surface area (Å²) in [6.07, 6.45) is 4.10. The number of nitrogens with zero attached hydrogens (tertiary/aromatic N) is 4. The van der Waals surface area contributed by atoms with E-state index in [0.717, 1.165) is 11.1 Å². The molecule has 3 N–H and O–H groups in total. The van der Waals surface area contributed by atoms with Crippen molar-refractivity contribution in [2.45, 2.75) is 13.8 Å². The number of aromatic nitrogens is 3. The fourth-order valence-corrected chi connectivity index (χ4v) is 2.51. The molecule has 0 aliphatic heterocycles. The normalized spacial score (nSPS) is 10.2. The summed E-state index contributed by atoms with van der Waals surface area (Å²) in [5, 5.41) is 14.6. The van der Waals surface area contributed by atoms with E-state index in [-0.39, 0.29) is 11.6 Å². The van der Waals surface area contributed by atoms with Crippen molar-refractivity contribution in [1.29, 1.82) is 0 Å². The molecule has 3 rings (SSSR count). The van der Waals surface area contributed by atoms with E-state index in [9.17, 15) is 14.9 Å². The lowest BCUT2D eigenvalue weighted by Gasteiger charge is -2.12. The van der Waals surface area contributed by atoms with Crippen molar-refractivity contribution in [3.8, 4) is 0 Å². The molecular formula is C18H17N7O3. The number of hydrazine groups is 1. The highest BCUT2D eigenvalue weighted by atomic mass is 16.6. The molecule has 1 aromatic carbocycles. The van der Waals surface area contributed by atoms with Crippen molar-refractivity contribution in [2.24, 2.45) is 0 Å². The van der Waals surface area contributed by atoms with E-state index in [1.165, 1.54) is 30.9 Å². The van der Waals surface area contributed by atoms with Gasteiger partial charge in [0.2, 0.25) is 11.6 Å². The van der Waals surface area contributed by atoms with Gasteiger partial charge in [-0.3, -0.25) is 30.7 Å². The van der Waals surface area contributed by atoms with Crippen LogP contribution in [0.25, 0.3) is 0 Å². The van der Waals surface area contributed by atoms with Crippen LogP contribution in [-0.2, 0) is 0 Å². The minimum absolute atomic E-state index is 0.00705. The zero-order valence-corrected chi connectivity index (χ0v) is 15.1. The summed E-state index contributed by atoms with van der Waals surface area (Å²) in [4.78, 5) is 34.8. The van der Waals surface area contributed by atoms with Crippen molar-refractivity contribution >= 4 is 28.9 Å². The van der Waals surface area contributed by atoms with Gasteiger partial charge in [-0.1, -0.05) is 17.7 Å². The Balaban J connectivity index is 1.85. The Hall–Kier alpha value is -4.08. The third-order valence-corrected chi connectivity index (χ3v) is 3.88. The maximum Gasteiger partial charge on any atom is 0.355 e. The summed E-state index contributed by atoms with van der Waals surface area (Å²) in [5.41, 5.74) is 7.48. The molecule has 0 saturated heterocycles. The number of rotatable bonds is 6. The van der Waals surface area contributed by atoms with E-state index in [1.807, 2.05) is 32.0 Å². The minimum atomic E-state index is -0.618. The van der Waals surface area contributed by atoms with Crippen LogP contribution in [0.1, 0.15) is 21.5 Å².